The molecule has 3 heteroatoms. The van der Waals surface area contributed by atoms with Crippen LogP contribution in [-0.2, 0) is 0 Å². The highest BCUT2D eigenvalue weighted by molar-refractivity contribution is 6.18. The van der Waals surface area contributed by atoms with Gasteiger partial charge in [-0.25, -0.2) is 4.99 Å². The minimum Gasteiger partial charge on any atom is -0.373 e. The smallest absolute Gasteiger partial charge is 0.154 e. The first-order valence-electron chi connectivity index (χ1n) is 8.59. The third kappa shape index (κ3) is 2.84. The Morgan fingerprint density at radius 2 is 1.19 bits per heavy atom. The van der Waals surface area contributed by atoms with Crippen LogP contribution in [0, 0.1) is 5.41 Å². The Balaban J connectivity index is 1.83. The normalized spacial score (nSPS) is 11.7. The zero-order valence-corrected chi connectivity index (χ0v) is 14.5. The summed E-state index contributed by atoms with van der Waals surface area (Å²) in [5, 5.41) is 16.2. The first kappa shape index (κ1) is 16.0. The molecule has 4 aromatic rings. The summed E-state index contributed by atoms with van der Waals surface area (Å²) in [5.74, 6) is 0.943. The van der Waals surface area contributed by atoms with E-state index < -0.39 is 0 Å². The van der Waals surface area contributed by atoms with Gasteiger partial charge in [-0.15, -0.1) is 0 Å². The van der Waals surface area contributed by atoms with Gasteiger partial charge in [0.25, 0.3) is 0 Å². The van der Waals surface area contributed by atoms with Gasteiger partial charge in [0.05, 0.1) is 0 Å². The van der Waals surface area contributed by atoms with E-state index in [1.54, 1.807) is 0 Å². The van der Waals surface area contributed by atoms with Gasteiger partial charge < -0.3 is 5.32 Å². The standard InChI is InChI=1S/C23H19N3/c1-25-23(21-15-7-11-17-9-3-5-13-19(17)21)26-22(24)20-14-6-10-16-8-2-4-12-18(16)20/h2-15H,1H3,(H2,24,25,26). The topological polar surface area (TPSA) is 48.2 Å². The van der Waals surface area contributed by atoms with Crippen molar-refractivity contribution < 1.29 is 0 Å². The highest BCUT2D eigenvalue weighted by atomic mass is 15.0. The summed E-state index contributed by atoms with van der Waals surface area (Å²) >= 11 is 0. The van der Waals surface area contributed by atoms with Crippen molar-refractivity contribution in [2.45, 2.75) is 0 Å². The van der Waals surface area contributed by atoms with E-state index in [-0.39, 0.29) is 5.84 Å². The van der Waals surface area contributed by atoms with Crippen LogP contribution in [0.15, 0.2) is 89.9 Å². The fraction of sp³-hybridized carbons (Fsp3) is 0.0435. The molecule has 0 aliphatic heterocycles. The minimum atomic E-state index is 0.249. The van der Waals surface area contributed by atoms with Crippen molar-refractivity contribution in [1.82, 2.24) is 5.32 Å². The molecule has 0 saturated heterocycles. The number of benzene rings is 4. The maximum absolute atomic E-state index is 8.58. The van der Waals surface area contributed by atoms with Gasteiger partial charge in [0.2, 0.25) is 0 Å². The Morgan fingerprint density at radius 1 is 0.692 bits per heavy atom. The number of nitrogens with one attached hydrogen (secondary N) is 2. The number of hydrogen-bond donors (Lipinski definition) is 2. The molecule has 3 nitrogen and oxygen atoms in total. The van der Waals surface area contributed by atoms with Crippen LogP contribution in [-0.4, -0.2) is 18.7 Å². The second kappa shape index (κ2) is 6.81. The van der Waals surface area contributed by atoms with Crippen molar-refractivity contribution in [3.63, 3.8) is 0 Å². The minimum absolute atomic E-state index is 0.249. The quantitative estimate of drug-likeness (QED) is 0.393. The summed E-state index contributed by atoms with van der Waals surface area (Å²) in [4.78, 5) is 4.62. The SMILES string of the molecule is CN/C(=N\C(=N)c1cccc2ccccc12)c1cccc2ccccc12. The molecule has 0 heterocycles. The maximum Gasteiger partial charge on any atom is 0.154 e. The Hall–Kier alpha value is -3.46. The van der Waals surface area contributed by atoms with E-state index in [2.05, 4.69) is 40.6 Å². The van der Waals surface area contributed by atoms with Gasteiger partial charge in [0.1, 0.15) is 5.84 Å². The number of nitrogens with zero attached hydrogens (tertiary/aromatic N) is 1. The van der Waals surface area contributed by atoms with Crippen molar-refractivity contribution in [2.75, 3.05) is 7.05 Å². The van der Waals surface area contributed by atoms with Crippen LogP contribution >= 0.6 is 0 Å². The van der Waals surface area contributed by atoms with Crippen molar-refractivity contribution in [3.8, 4) is 0 Å². The van der Waals surface area contributed by atoms with E-state index in [4.69, 9.17) is 5.41 Å². The van der Waals surface area contributed by atoms with Crippen LogP contribution in [0.5, 0.6) is 0 Å². The van der Waals surface area contributed by atoms with E-state index in [1.165, 1.54) is 0 Å². The molecule has 0 atom stereocenters. The lowest BCUT2D eigenvalue weighted by Crippen LogP contribution is -2.21. The summed E-state index contributed by atoms with van der Waals surface area (Å²) in [6.07, 6.45) is 0. The molecule has 0 amide bonds. The fourth-order valence-corrected chi connectivity index (χ4v) is 3.29. The van der Waals surface area contributed by atoms with Crippen molar-refractivity contribution >= 4 is 33.2 Å². The Labute approximate surface area is 152 Å². The molecule has 0 bridgehead atoms. The Morgan fingerprint density at radius 3 is 1.81 bits per heavy atom. The predicted octanol–water partition coefficient (Wildman–Crippen LogP) is 4.98. The summed E-state index contributed by atoms with van der Waals surface area (Å²) in [6.45, 7) is 0. The highest BCUT2D eigenvalue weighted by Crippen LogP contribution is 2.21. The molecule has 0 aromatic heterocycles. The largest absolute Gasteiger partial charge is 0.373 e. The molecule has 26 heavy (non-hydrogen) atoms. The van der Waals surface area contributed by atoms with Gasteiger partial charge in [-0.05, 0) is 21.5 Å². The lowest BCUT2D eigenvalue weighted by molar-refractivity contribution is 1.17. The van der Waals surface area contributed by atoms with Crippen LogP contribution in [0.1, 0.15) is 11.1 Å². The molecule has 0 unspecified atom stereocenters. The molecule has 0 fully saturated rings. The van der Waals surface area contributed by atoms with Crippen molar-refractivity contribution in [1.29, 1.82) is 5.41 Å². The third-order valence-corrected chi connectivity index (χ3v) is 4.55. The molecular weight excluding hydrogens is 318 g/mol. The van der Waals surface area contributed by atoms with Crippen molar-refractivity contribution in [3.05, 3.63) is 96.1 Å². The van der Waals surface area contributed by atoms with E-state index in [9.17, 15) is 0 Å². The lowest BCUT2D eigenvalue weighted by Gasteiger charge is -2.11. The second-order valence-corrected chi connectivity index (χ2v) is 6.11. The summed E-state index contributed by atoms with van der Waals surface area (Å²) in [5.41, 5.74) is 1.83. The van der Waals surface area contributed by atoms with E-state index in [0.717, 1.165) is 32.7 Å². The first-order valence-corrected chi connectivity index (χ1v) is 8.59. The van der Waals surface area contributed by atoms with Gasteiger partial charge in [0, 0.05) is 18.2 Å². The average Bonchev–Trinajstić information content (AvgIpc) is 2.71. The van der Waals surface area contributed by atoms with Gasteiger partial charge >= 0.3 is 0 Å². The number of amidine groups is 2. The molecule has 2 N–H and O–H groups in total. The Bertz CT molecular complexity index is 1130. The average molecular weight is 337 g/mol. The Kier molecular flexibility index (Phi) is 4.20. The van der Waals surface area contributed by atoms with Gasteiger partial charge in [-0.1, -0.05) is 84.9 Å². The van der Waals surface area contributed by atoms with Gasteiger partial charge in [-0.3, -0.25) is 5.41 Å². The third-order valence-electron chi connectivity index (χ3n) is 4.55. The number of rotatable bonds is 2. The molecule has 0 aliphatic carbocycles. The second-order valence-electron chi connectivity index (χ2n) is 6.11. The summed E-state index contributed by atoms with van der Waals surface area (Å²) in [6, 6.07) is 28.4. The van der Waals surface area contributed by atoms with Crippen molar-refractivity contribution in [2.24, 2.45) is 4.99 Å². The maximum atomic E-state index is 8.58. The summed E-state index contributed by atoms with van der Waals surface area (Å²) in [7, 11) is 1.84. The van der Waals surface area contributed by atoms with Crippen LogP contribution in [0.25, 0.3) is 21.5 Å². The molecular formula is C23H19N3. The monoisotopic (exact) mass is 337 g/mol. The molecule has 4 aromatic carbocycles. The lowest BCUT2D eigenvalue weighted by atomic mass is 10.0. The molecule has 0 aliphatic rings. The zero-order valence-electron chi connectivity index (χ0n) is 14.5. The first-order chi connectivity index (χ1) is 12.8. The number of hydrogen-bond acceptors (Lipinski definition) is 1. The molecule has 0 radical (unpaired) electrons. The van der Waals surface area contributed by atoms with Crippen LogP contribution in [0.3, 0.4) is 0 Å². The van der Waals surface area contributed by atoms with E-state index in [0.29, 0.717) is 5.84 Å². The predicted molar refractivity (Wildman–Crippen MR) is 110 cm³/mol. The van der Waals surface area contributed by atoms with Gasteiger partial charge in [-0.2, -0.15) is 0 Å². The molecule has 0 spiro atoms. The van der Waals surface area contributed by atoms with Crippen LogP contribution < -0.4 is 5.32 Å². The molecule has 0 saturated carbocycles. The van der Waals surface area contributed by atoms with E-state index in [1.807, 2.05) is 61.6 Å². The van der Waals surface area contributed by atoms with E-state index >= 15 is 0 Å². The molecule has 126 valence electrons. The zero-order chi connectivity index (χ0) is 17.9. The van der Waals surface area contributed by atoms with Gasteiger partial charge in [0.15, 0.2) is 5.84 Å². The highest BCUT2D eigenvalue weighted by Gasteiger charge is 2.10. The summed E-state index contributed by atoms with van der Waals surface area (Å²) < 4.78 is 0. The number of fused-ring (bicyclic) bond motifs is 2. The van der Waals surface area contributed by atoms with Crippen LogP contribution in [0.4, 0.5) is 0 Å². The fourth-order valence-electron chi connectivity index (χ4n) is 3.29. The number of aliphatic imine (C=N–C) groups is 1. The van der Waals surface area contributed by atoms with Crippen LogP contribution in [0.2, 0.25) is 0 Å². The molecule has 4 rings (SSSR count).